The summed E-state index contributed by atoms with van der Waals surface area (Å²) < 4.78 is 10.5. The van der Waals surface area contributed by atoms with E-state index in [2.05, 4.69) is 11.2 Å². The maximum atomic E-state index is 5.61. The van der Waals surface area contributed by atoms with Crippen LogP contribution in [0, 0.1) is 0 Å². The zero-order valence-corrected chi connectivity index (χ0v) is 9.64. The van der Waals surface area contributed by atoms with E-state index in [0.29, 0.717) is 5.88 Å². The lowest BCUT2D eigenvalue weighted by Gasteiger charge is -2.16. The molecule has 88 valence electrons. The van der Waals surface area contributed by atoms with Gasteiger partial charge >= 0.3 is 0 Å². The summed E-state index contributed by atoms with van der Waals surface area (Å²) in [4.78, 5) is 0. The Balaban J connectivity index is 2.11. The van der Waals surface area contributed by atoms with Crippen LogP contribution >= 0.6 is 0 Å². The third-order valence-electron chi connectivity index (χ3n) is 3.32. The average molecular weight is 230 g/mol. The molecule has 1 aliphatic rings. The van der Waals surface area contributed by atoms with Gasteiger partial charge in [-0.05, 0) is 18.4 Å². The van der Waals surface area contributed by atoms with Crippen LogP contribution in [0.2, 0.25) is 0 Å². The molecule has 0 spiro atoms. The van der Waals surface area contributed by atoms with E-state index in [-0.39, 0.29) is 5.60 Å². The minimum atomic E-state index is -0.135. The fourth-order valence-corrected chi connectivity index (χ4v) is 2.22. The molecule has 1 aromatic heterocycles. The number of nitrogens with two attached hydrogens (primary N) is 1. The molecule has 17 heavy (non-hydrogen) atoms. The van der Waals surface area contributed by atoms with Crippen molar-refractivity contribution in [1.29, 1.82) is 0 Å². The van der Waals surface area contributed by atoms with Crippen molar-refractivity contribution in [1.82, 2.24) is 5.16 Å². The van der Waals surface area contributed by atoms with E-state index in [9.17, 15) is 0 Å². The molecule has 4 heteroatoms. The Morgan fingerprint density at radius 1 is 1.35 bits per heavy atom. The van der Waals surface area contributed by atoms with Crippen molar-refractivity contribution < 1.29 is 9.26 Å². The van der Waals surface area contributed by atoms with Crippen molar-refractivity contribution in [3.63, 3.8) is 0 Å². The van der Waals surface area contributed by atoms with Gasteiger partial charge in [-0.1, -0.05) is 29.4 Å². The molecular formula is C13H14N2O2. The first-order valence-corrected chi connectivity index (χ1v) is 5.62. The Morgan fingerprint density at radius 3 is 2.71 bits per heavy atom. The zero-order valence-electron chi connectivity index (χ0n) is 9.64. The third-order valence-corrected chi connectivity index (χ3v) is 3.32. The van der Waals surface area contributed by atoms with Gasteiger partial charge in [-0.25, -0.2) is 0 Å². The van der Waals surface area contributed by atoms with Gasteiger partial charge in [-0.15, -0.1) is 0 Å². The van der Waals surface area contributed by atoms with Crippen LogP contribution in [0.15, 0.2) is 34.9 Å². The maximum absolute atomic E-state index is 5.61. The number of ether oxygens (including phenoxy) is 1. The molecule has 2 N–H and O–H groups in total. The van der Waals surface area contributed by atoms with Gasteiger partial charge in [0, 0.05) is 18.7 Å². The summed E-state index contributed by atoms with van der Waals surface area (Å²) in [6.07, 6.45) is 2.10. The molecule has 3 rings (SSSR count). The number of benzene rings is 1. The van der Waals surface area contributed by atoms with Crippen molar-refractivity contribution in [3.05, 3.63) is 35.9 Å². The fourth-order valence-electron chi connectivity index (χ4n) is 2.22. The number of hydrogen-bond donors (Lipinski definition) is 1. The molecule has 2 aromatic rings. The largest absolute Gasteiger partial charge is 0.374 e. The quantitative estimate of drug-likeness (QED) is 0.880. The Bertz CT molecular complexity index is 544. The summed E-state index contributed by atoms with van der Waals surface area (Å²) in [7, 11) is 1.75. The first-order valence-electron chi connectivity index (χ1n) is 5.62. The smallest absolute Gasteiger partial charge is 0.222 e. The molecule has 1 heterocycles. The second-order valence-electron chi connectivity index (χ2n) is 4.36. The molecule has 4 nitrogen and oxygen atoms in total. The van der Waals surface area contributed by atoms with Crippen molar-refractivity contribution in [2.75, 3.05) is 12.8 Å². The highest BCUT2D eigenvalue weighted by atomic mass is 16.5. The van der Waals surface area contributed by atoms with E-state index in [1.165, 1.54) is 0 Å². The van der Waals surface area contributed by atoms with Gasteiger partial charge < -0.3 is 15.0 Å². The Hall–Kier alpha value is -1.81. The van der Waals surface area contributed by atoms with E-state index in [1.807, 2.05) is 18.2 Å². The van der Waals surface area contributed by atoms with Gasteiger partial charge in [0.05, 0.1) is 5.60 Å². The molecule has 1 aromatic carbocycles. The fraction of sp³-hybridized carbons (Fsp3) is 0.308. The van der Waals surface area contributed by atoms with Crippen LogP contribution in [0.4, 0.5) is 5.88 Å². The molecule has 1 aliphatic carbocycles. The van der Waals surface area contributed by atoms with E-state index in [1.54, 1.807) is 13.2 Å². The molecule has 1 saturated carbocycles. The minimum Gasteiger partial charge on any atom is -0.374 e. The van der Waals surface area contributed by atoms with Gasteiger partial charge in [0.15, 0.2) is 0 Å². The van der Waals surface area contributed by atoms with Crippen LogP contribution in [0.25, 0.3) is 11.3 Å². The van der Waals surface area contributed by atoms with Crippen molar-refractivity contribution >= 4 is 5.88 Å². The number of rotatable bonds is 3. The molecule has 0 atom stereocenters. The van der Waals surface area contributed by atoms with Gasteiger partial charge in [0.1, 0.15) is 5.69 Å². The first-order chi connectivity index (χ1) is 8.25. The van der Waals surface area contributed by atoms with Crippen LogP contribution in [0.5, 0.6) is 0 Å². The molecule has 1 fully saturated rings. The Kier molecular flexibility index (Phi) is 2.19. The second kappa shape index (κ2) is 3.60. The van der Waals surface area contributed by atoms with Gasteiger partial charge in [0.25, 0.3) is 0 Å². The summed E-state index contributed by atoms with van der Waals surface area (Å²) in [6, 6.07) is 9.84. The maximum Gasteiger partial charge on any atom is 0.222 e. The third kappa shape index (κ3) is 1.61. The number of methoxy groups -OCH3 is 1. The Morgan fingerprint density at radius 2 is 2.12 bits per heavy atom. The normalized spacial score (nSPS) is 17.0. The van der Waals surface area contributed by atoms with Crippen molar-refractivity contribution in [2.24, 2.45) is 0 Å². The SMILES string of the molecule is COC1(c2ccccc2-c2cc(N)on2)CC1. The topological polar surface area (TPSA) is 61.3 Å². The van der Waals surface area contributed by atoms with Crippen LogP contribution < -0.4 is 5.73 Å². The van der Waals surface area contributed by atoms with Gasteiger partial charge in [-0.3, -0.25) is 0 Å². The summed E-state index contributed by atoms with van der Waals surface area (Å²) >= 11 is 0. The number of hydrogen-bond acceptors (Lipinski definition) is 4. The summed E-state index contributed by atoms with van der Waals surface area (Å²) in [5, 5.41) is 3.97. The number of nitrogen functional groups attached to an aromatic ring is 1. The van der Waals surface area contributed by atoms with Gasteiger partial charge in [0.2, 0.25) is 5.88 Å². The van der Waals surface area contributed by atoms with Crippen molar-refractivity contribution in [3.8, 4) is 11.3 Å². The molecular weight excluding hydrogens is 216 g/mol. The lowest BCUT2D eigenvalue weighted by atomic mass is 9.98. The molecule has 0 amide bonds. The second-order valence-corrected chi connectivity index (χ2v) is 4.36. The van der Waals surface area contributed by atoms with Crippen molar-refractivity contribution in [2.45, 2.75) is 18.4 Å². The van der Waals surface area contributed by atoms with Crippen LogP contribution in [0.1, 0.15) is 18.4 Å². The summed E-state index contributed by atoms with van der Waals surface area (Å²) in [5.41, 5.74) is 8.39. The van der Waals surface area contributed by atoms with Gasteiger partial charge in [-0.2, -0.15) is 0 Å². The average Bonchev–Trinajstić information content (AvgIpc) is 3.05. The molecule has 0 bridgehead atoms. The number of aromatic nitrogens is 1. The highest BCUT2D eigenvalue weighted by Crippen LogP contribution is 2.51. The molecule has 0 radical (unpaired) electrons. The standard InChI is InChI=1S/C13H14N2O2/c1-16-13(6-7-13)10-5-3-2-4-9(10)11-8-12(14)17-15-11/h2-5,8H,6-7,14H2,1H3. The van der Waals surface area contributed by atoms with E-state index >= 15 is 0 Å². The first kappa shape index (κ1) is 10.4. The van der Waals surface area contributed by atoms with E-state index in [4.69, 9.17) is 15.0 Å². The van der Waals surface area contributed by atoms with Crippen LogP contribution in [0.3, 0.4) is 0 Å². The number of nitrogens with zero attached hydrogens (tertiary/aromatic N) is 1. The monoisotopic (exact) mass is 230 g/mol. The predicted molar refractivity (Wildman–Crippen MR) is 64.3 cm³/mol. The Labute approximate surface area is 99.4 Å². The summed E-state index contributed by atoms with van der Waals surface area (Å²) in [5.74, 6) is 0.331. The lowest BCUT2D eigenvalue weighted by molar-refractivity contribution is 0.0793. The number of anilines is 1. The highest BCUT2D eigenvalue weighted by molar-refractivity contribution is 5.67. The minimum absolute atomic E-state index is 0.135. The van der Waals surface area contributed by atoms with Crippen LogP contribution in [-0.4, -0.2) is 12.3 Å². The molecule has 0 saturated heterocycles. The summed E-state index contributed by atoms with van der Waals surface area (Å²) in [6.45, 7) is 0. The predicted octanol–water partition coefficient (Wildman–Crippen LogP) is 2.56. The molecule has 0 aliphatic heterocycles. The van der Waals surface area contributed by atoms with E-state index < -0.39 is 0 Å². The lowest BCUT2D eigenvalue weighted by Crippen LogP contribution is -2.10. The zero-order chi connectivity index (χ0) is 11.9. The van der Waals surface area contributed by atoms with E-state index in [0.717, 1.165) is 29.7 Å². The highest BCUT2D eigenvalue weighted by Gasteiger charge is 2.46. The van der Waals surface area contributed by atoms with Crippen LogP contribution in [-0.2, 0) is 10.3 Å². The molecule has 0 unspecified atom stereocenters.